The number of aromatic nitrogens is 1. The summed E-state index contributed by atoms with van der Waals surface area (Å²) in [6.45, 7) is 0. The van der Waals surface area contributed by atoms with E-state index < -0.39 is 5.97 Å². The monoisotopic (exact) mass is 263 g/mol. The van der Waals surface area contributed by atoms with E-state index in [1.807, 2.05) is 24.3 Å². The molecule has 2 aromatic rings. The van der Waals surface area contributed by atoms with Crippen LogP contribution in [0.3, 0.4) is 0 Å². The van der Waals surface area contributed by atoms with Gasteiger partial charge >= 0.3 is 5.97 Å². The van der Waals surface area contributed by atoms with Gasteiger partial charge in [-0.1, -0.05) is 12.1 Å². The van der Waals surface area contributed by atoms with Gasteiger partial charge in [0.1, 0.15) is 10.8 Å². The van der Waals surface area contributed by atoms with E-state index in [0.29, 0.717) is 5.75 Å². The molecule has 0 saturated heterocycles. The average molecular weight is 263 g/mol. The molecule has 0 unspecified atom stereocenters. The number of carbonyl (C=O) groups is 1. The van der Waals surface area contributed by atoms with Gasteiger partial charge in [0.15, 0.2) is 0 Å². The van der Waals surface area contributed by atoms with Gasteiger partial charge in [-0.3, -0.25) is 4.79 Å². The van der Waals surface area contributed by atoms with Gasteiger partial charge in [0.2, 0.25) is 0 Å². The lowest BCUT2D eigenvalue weighted by molar-refractivity contribution is -0.136. The number of hydrogen-bond acceptors (Lipinski definition) is 4. The van der Waals surface area contributed by atoms with Crippen LogP contribution in [-0.4, -0.2) is 28.9 Å². The Kier molecular flexibility index (Phi) is 4.04. The smallest absolute Gasteiger partial charge is 0.304 e. The second-order valence-corrected chi connectivity index (χ2v) is 4.75. The van der Waals surface area contributed by atoms with Gasteiger partial charge < -0.3 is 9.84 Å². The van der Waals surface area contributed by atoms with Gasteiger partial charge in [0.25, 0.3) is 0 Å². The Morgan fingerprint density at radius 1 is 1.39 bits per heavy atom. The van der Waals surface area contributed by atoms with Gasteiger partial charge in [0.05, 0.1) is 13.5 Å². The minimum absolute atomic E-state index is 0.132. The van der Waals surface area contributed by atoms with Crippen molar-refractivity contribution in [2.75, 3.05) is 12.9 Å². The number of nitrogens with zero attached hydrogens (tertiary/aromatic N) is 1. The molecule has 0 radical (unpaired) electrons. The van der Waals surface area contributed by atoms with Crippen molar-refractivity contribution in [3.8, 4) is 5.75 Å². The number of aliphatic carboxylic acids is 1. The van der Waals surface area contributed by atoms with E-state index >= 15 is 0 Å². The summed E-state index contributed by atoms with van der Waals surface area (Å²) in [5.41, 5.74) is 0. The van der Waals surface area contributed by atoms with Crippen LogP contribution in [0.5, 0.6) is 5.75 Å². The Morgan fingerprint density at radius 3 is 2.94 bits per heavy atom. The summed E-state index contributed by atoms with van der Waals surface area (Å²) >= 11 is 1.45. The molecule has 0 aliphatic heterocycles. The minimum Gasteiger partial charge on any atom is -0.496 e. The first kappa shape index (κ1) is 12.7. The summed E-state index contributed by atoms with van der Waals surface area (Å²) in [6.07, 6.45) is 1.85. The topological polar surface area (TPSA) is 59.4 Å². The number of thioether (sulfide) groups is 1. The van der Waals surface area contributed by atoms with Crippen LogP contribution >= 0.6 is 11.8 Å². The second-order valence-electron chi connectivity index (χ2n) is 3.66. The summed E-state index contributed by atoms with van der Waals surface area (Å²) in [7, 11) is 1.63. The van der Waals surface area contributed by atoms with Crippen LogP contribution in [0.1, 0.15) is 6.42 Å². The Balaban J connectivity index is 2.31. The molecule has 0 saturated carbocycles. The predicted molar refractivity (Wildman–Crippen MR) is 71.3 cm³/mol. The van der Waals surface area contributed by atoms with Crippen LogP contribution in [0.2, 0.25) is 0 Å². The average Bonchev–Trinajstić information content (AvgIpc) is 2.38. The van der Waals surface area contributed by atoms with Gasteiger partial charge in [-0.25, -0.2) is 4.98 Å². The zero-order valence-corrected chi connectivity index (χ0v) is 10.7. The standard InChI is InChI=1S/C13H13NO3S/c1-17-11-4-2-3-10-9(11)5-7-14-13(10)18-8-6-12(15)16/h2-5,7H,6,8H2,1H3,(H,15,16). The SMILES string of the molecule is COc1cccc2c(SCCC(=O)O)nccc12. The van der Waals surface area contributed by atoms with Gasteiger partial charge in [-0.2, -0.15) is 0 Å². The lowest BCUT2D eigenvalue weighted by Gasteiger charge is -2.08. The number of hydrogen-bond donors (Lipinski definition) is 1. The van der Waals surface area contributed by atoms with Crippen LogP contribution < -0.4 is 4.74 Å². The lowest BCUT2D eigenvalue weighted by Crippen LogP contribution is -1.96. The molecule has 0 spiro atoms. The molecular formula is C13H13NO3S. The van der Waals surface area contributed by atoms with Crippen LogP contribution in [0.4, 0.5) is 0 Å². The quantitative estimate of drug-likeness (QED) is 0.840. The van der Waals surface area contributed by atoms with Crippen molar-refractivity contribution in [1.29, 1.82) is 0 Å². The Hall–Kier alpha value is -1.75. The van der Waals surface area contributed by atoms with E-state index in [1.165, 1.54) is 11.8 Å². The van der Waals surface area contributed by atoms with Gasteiger partial charge in [-0.15, -0.1) is 11.8 Å². The van der Waals surface area contributed by atoms with Crippen molar-refractivity contribution in [2.45, 2.75) is 11.4 Å². The van der Waals surface area contributed by atoms with E-state index in [0.717, 1.165) is 21.5 Å². The number of fused-ring (bicyclic) bond motifs is 1. The number of methoxy groups -OCH3 is 1. The van der Waals surface area contributed by atoms with Crippen molar-refractivity contribution in [3.05, 3.63) is 30.5 Å². The third-order valence-corrected chi connectivity index (χ3v) is 3.51. The van der Waals surface area contributed by atoms with Gasteiger partial charge in [-0.05, 0) is 12.1 Å². The molecule has 5 heteroatoms. The van der Waals surface area contributed by atoms with E-state index in [9.17, 15) is 4.79 Å². The maximum Gasteiger partial charge on any atom is 0.304 e. The molecule has 1 aromatic heterocycles. The van der Waals surface area contributed by atoms with Crippen LogP contribution in [0, 0.1) is 0 Å². The first-order chi connectivity index (χ1) is 8.72. The maximum atomic E-state index is 10.5. The second kappa shape index (κ2) is 5.73. The normalized spacial score (nSPS) is 10.5. The third kappa shape index (κ3) is 2.73. The third-order valence-electron chi connectivity index (χ3n) is 2.50. The highest BCUT2D eigenvalue weighted by Gasteiger charge is 2.07. The minimum atomic E-state index is -0.791. The fourth-order valence-corrected chi connectivity index (χ4v) is 2.62. The summed E-state index contributed by atoms with van der Waals surface area (Å²) in [5, 5.41) is 11.5. The van der Waals surface area contributed by atoms with Gasteiger partial charge in [0, 0.05) is 22.7 Å². The largest absolute Gasteiger partial charge is 0.496 e. The highest BCUT2D eigenvalue weighted by molar-refractivity contribution is 7.99. The Labute approximate surface area is 109 Å². The molecule has 18 heavy (non-hydrogen) atoms. The molecule has 1 aromatic carbocycles. The highest BCUT2D eigenvalue weighted by atomic mass is 32.2. The van der Waals surface area contributed by atoms with E-state index in [1.54, 1.807) is 13.3 Å². The summed E-state index contributed by atoms with van der Waals surface area (Å²) < 4.78 is 5.29. The summed E-state index contributed by atoms with van der Waals surface area (Å²) in [5.74, 6) is 0.522. The number of ether oxygens (including phenoxy) is 1. The molecule has 1 heterocycles. The van der Waals surface area contributed by atoms with Crippen molar-refractivity contribution in [2.24, 2.45) is 0 Å². The molecule has 0 atom stereocenters. The molecule has 0 fully saturated rings. The molecule has 0 aliphatic rings. The molecule has 2 rings (SSSR count). The van der Waals surface area contributed by atoms with E-state index in [2.05, 4.69) is 4.98 Å². The van der Waals surface area contributed by atoms with Crippen LogP contribution in [-0.2, 0) is 4.79 Å². The molecule has 4 nitrogen and oxygen atoms in total. The number of rotatable bonds is 5. The first-order valence-electron chi connectivity index (χ1n) is 5.48. The summed E-state index contributed by atoms with van der Waals surface area (Å²) in [4.78, 5) is 14.8. The first-order valence-corrected chi connectivity index (χ1v) is 6.47. The number of benzene rings is 1. The molecule has 94 valence electrons. The summed E-state index contributed by atoms with van der Waals surface area (Å²) in [6, 6.07) is 7.67. The molecule has 0 aliphatic carbocycles. The van der Waals surface area contributed by atoms with E-state index in [-0.39, 0.29) is 6.42 Å². The number of carboxylic acids is 1. The van der Waals surface area contributed by atoms with Crippen molar-refractivity contribution in [3.63, 3.8) is 0 Å². The van der Waals surface area contributed by atoms with Crippen LogP contribution in [0.15, 0.2) is 35.5 Å². The predicted octanol–water partition coefficient (Wildman–Crippen LogP) is 2.81. The zero-order valence-electron chi connectivity index (χ0n) is 9.92. The highest BCUT2D eigenvalue weighted by Crippen LogP contribution is 2.31. The molecule has 0 amide bonds. The fourth-order valence-electron chi connectivity index (χ4n) is 1.68. The fraction of sp³-hybridized carbons (Fsp3) is 0.231. The molecule has 1 N–H and O–H groups in total. The maximum absolute atomic E-state index is 10.5. The molecular weight excluding hydrogens is 250 g/mol. The van der Waals surface area contributed by atoms with Crippen molar-refractivity contribution in [1.82, 2.24) is 4.98 Å². The van der Waals surface area contributed by atoms with Crippen molar-refractivity contribution < 1.29 is 14.6 Å². The Morgan fingerprint density at radius 2 is 2.22 bits per heavy atom. The number of carboxylic acid groups (broad SMARTS) is 1. The lowest BCUT2D eigenvalue weighted by atomic mass is 10.1. The molecule has 0 bridgehead atoms. The van der Waals surface area contributed by atoms with Crippen LogP contribution in [0.25, 0.3) is 10.8 Å². The number of pyridine rings is 1. The van der Waals surface area contributed by atoms with Crippen molar-refractivity contribution >= 4 is 28.5 Å². The van der Waals surface area contributed by atoms with E-state index in [4.69, 9.17) is 9.84 Å². The Bertz CT molecular complexity index is 571. The zero-order chi connectivity index (χ0) is 13.0.